The van der Waals surface area contributed by atoms with Crippen LogP contribution in [0.5, 0.6) is 0 Å². The molecule has 2 aromatic heterocycles. The zero-order valence-electron chi connectivity index (χ0n) is 11.9. The first-order valence-corrected chi connectivity index (χ1v) is 7.03. The molecule has 2 atom stereocenters. The average molecular weight is 269 g/mol. The molecule has 1 saturated heterocycles. The summed E-state index contributed by atoms with van der Waals surface area (Å²) in [5.74, 6) is 0. The first-order valence-electron chi connectivity index (χ1n) is 7.03. The fraction of sp³-hybridized carbons (Fsp3) is 0.438. The molecule has 0 unspecified atom stereocenters. The molecule has 1 aliphatic rings. The molecule has 0 N–H and O–H groups in total. The van der Waals surface area contributed by atoms with E-state index in [9.17, 15) is 5.26 Å². The molecule has 4 heteroatoms. The summed E-state index contributed by atoms with van der Waals surface area (Å²) in [6, 6.07) is 8.69. The van der Waals surface area contributed by atoms with Crippen molar-refractivity contribution in [2.45, 2.75) is 32.5 Å². The first kappa shape index (κ1) is 13.2. The van der Waals surface area contributed by atoms with Gasteiger partial charge in [0.2, 0.25) is 0 Å². The molecule has 0 aromatic carbocycles. The molecule has 104 valence electrons. The topological polar surface area (TPSA) is 40.7 Å². The van der Waals surface area contributed by atoms with Crippen molar-refractivity contribution in [3.8, 4) is 6.07 Å². The lowest BCUT2D eigenvalue weighted by atomic mass is 10.1. The molecule has 3 heterocycles. The lowest BCUT2D eigenvalue weighted by Crippen LogP contribution is -2.46. The summed E-state index contributed by atoms with van der Waals surface area (Å²) in [5.41, 5.74) is 2.87. The van der Waals surface area contributed by atoms with Crippen LogP contribution >= 0.6 is 0 Å². The molecule has 0 saturated carbocycles. The number of hydrogen-bond donors (Lipinski definition) is 0. The van der Waals surface area contributed by atoms with E-state index in [-0.39, 0.29) is 6.10 Å². The van der Waals surface area contributed by atoms with E-state index >= 15 is 0 Å². The zero-order valence-corrected chi connectivity index (χ0v) is 11.9. The lowest BCUT2D eigenvalue weighted by molar-refractivity contribution is -0.0526. The van der Waals surface area contributed by atoms with Crippen LogP contribution in [0.2, 0.25) is 0 Å². The van der Waals surface area contributed by atoms with Gasteiger partial charge in [0, 0.05) is 37.1 Å². The van der Waals surface area contributed by atoms with E-state index in [0.717, 1.165) is 36.3 Å². The fourth-order valence-electron chi connectivity index (χ4n) is 2.84. The molecule has 1 fully saturated rings. The number of rotatable bonds is 2. The molecule has 20 heavy (non-hydrogen) atoms. The number of nitriles is 1. The Kier molecular flexibility index (Phi) is 3.47. The molecule has 0 amide bonds. The standard InChI is InChI=1S/C16H19N3O/c1-12-11-20-13(2)8-19(12)10-14-9-18-6-4-3-5-16(18)15(14)7-17/h3-6,9,12-13H,8,10-11H2,1-2H3/t12-,13+/m0/s1. The quantitative estimate of drug-likeness (QED) is 0.840. The van der Waals surface area contributed by atoms with E-state index in [1.807, 2.05) is 28.8 Å². The largest absolute Gasteiger partial charge is 0.376 e. The monoisotopic (exact) mass is 269 g/mol. The van der Waals surface area contributed by atoms with Gasteiger partial charge >= 0.3 is 0 Å². The van der Waals surface area contributed by atoms with Gasteiger partial charge in [-0.05, 0) is 26.0 Å². The minimum Gasteiger partial charge on any atom is -0.376 e. The van der Waals surface area contributed by atoms with Crippen LogP contribution in [0.25, 0.3) is 5.52 Å². The molecular formula is C16H19N3O. The molecule has 0 spiro atoms. The Hall–Kier alpha value is -1.83. The summed E-state index contributed by atoms with van der Waals surface area (Å²) in [7, 11) is 0. The van der Waals surface area contributed by atoms with E-state index in [1.165, 1.54) is 0 Å². The normalized spacial score (nSPS) is 23.9. The number of ether oxygens (including phenoxy) is 1. The summed E-state index contributed by atoms with van der Waals surface area (Å²) in [4.78, 5) is 2.39. The van der Waals surface area contributed by atoms with Crippen molar-refractivity contribution in [3.05, 3.63) is 41.7 Å². The number of hydrogen-bond acceptors (Lipinski definition) is 3. The maximum absolute atomic E-state index is 9.45. The molecule has 3 rings (SSSR count). The summed E-state index contributed by atoms with van der Waals surface area (Å²) in [5, 5.41) is 9.45. The van der Waals surface area contributed by atoms with Gasteiger partial charge in [-0.2, -0.15) is 5.26 Å². The highest BCUT2D eigenvalue weighted by molar-refractivity contribution is 5.65. The van der Waals surface area contributed by atoms with Gasteiger partial charge in [-0.25, -0.2) is 0 Å². The second-order valence-corrected chi connectivity index (χ2v) is 5.56. The minimum atomic E-state index is 0.258. The first-order chi connectivity index (χ1) is 9.69. The van der Waals surface area contributed by atoms with Crippen molar-refractivity contribution in [1.29, 1.82) is 5.26 Å². The minimum absolute atomic E-state index is 0.258. The fourth-order valence-corrected chi connectivity index (χ4v) is 2.84. The summed E-state index contributed by atoms with van der Waals surface area (Å²) < 4.78 is 7.69. The number of nitrogens with zero attached hydrogens (tertiary/aromatic N) is 3. The Balaban J connectivity index is 1.92. The Labute approximate surface area is 119 Å². The van der Waals surface area contributed by atoms with E-state index in [4.69, 9.17) is 4.74 Å². The van der Waals surface area contributed by atoms with Crippen molar-refractivity contribution in [1.82, 2.24) is 9.30 Å². The van der Waals surface area contributed by atoms with Crippen LogP contribution in [0, 0.1) is 11.3 Å². The SMILES string of the molecule is C[C@@H]1CN(Cc2cn3ccccc3c2C#N)[C@@H](C)CO1. The van der Waals surface area contributed by atoms with Crippen molar-refractivity contribution < 1.29 is 4.74 Å². The molecule has 1 aliphatic heterocycles. The van der Waals surface area contributed by atoms with Gasteiger partial charge in [0.15, 0.2) is 0 Å². The second-order valence-electron chi connectivity index (χ2n) is 5.56. The average Bonchev–Trinajstić information content (AvgIpc) is 2.80. The van der Waals surface area contributed by atoms with Crippen LogP contribution in [0.3, 0.4) is 0 Å². The van der Waals surface area contributed by atoms with Gasteiger partial charge in [-0.1, -0.05) is 6.07 Å². The predicted octanol–water partition coefficient (Wildman–Crippen LogP) is 2.42. The van der Waals surface area contributed by atoms with Crippen LogP contribution in [0.4, 0.5) is 0 Å². The maximum atomic E-state index is 9.45. The molecule has 0 radical (unpaired) electrons. The van der Waals surface area contributed by atoms with Crippen molar-refractivity contribution in [2.24, 2.45) is 0 Å². The number of pyridine rings is 1. The molecule has 0 bridgehead atoms. The molecular weight excluding hydrogens is 250 g/mol. The van der Waals surface area contributed by atoms with Gasteiger partial charge in [0.25, 0.3) is 0 Å². The van der Waals surface area contributed by atoms with Crippen LogP contribution in [-0.4, -0.2) is 34.6 Å². The highest BCUT2D eigenvalue weighted by Gasteiger charge is 2.24. The third-order valence-electron chi connectivity index (χ3n) is 3.98. The summed E-state index contributed by atoms with van der Waals surface area (Å²) in [6.07, 6.45) is 4.32. The van der Waals surface area contributed by atoms with E-state index in [1.54, 1.807) is 0 Å². The predicted molar refractivity (Wildman–Crippen MR) is 77.4 cm³/mol. The van der Waals surface area contributed by atoms with Gasteiger partial charge < -0.3 is 9.14 Å². The third kappa shape index (κ3) is 2.31. The lowest BCUT2D eigenvalue weighted by Gasteiger charge is -2.36. The summed E-state index contributed by atoms with van der Waals surface area (Å²) >= 11 is 0. The highest BCUT2D eigenvalue weighted by atomic mass is 16.5. The Bertz CT molecular complexity index is 655. The maximum Gasteiger partial charge on any atom is 0.102 e. The third-order valence-corrected chi connectivity index (χ3v) is 3.98. The van der Waals surface area contributed by atoms with Crippen molar-refractivity contribution in [2.75, 3.05) is 13.2 Å². The van der Waals surface area contributed by atoms with Crippen LogP contribution in [0.15, 0.2) is 30.6 Å². The van der Waals surface area contributed by atoms with E-state index in [0.29, 0.717) is 6.04 Å². The molecule has 0 aliphatic carbocycles. The van der Waals surface area contributed by atoms with Crippen LogP contribution < -0.4 is 0 Å². The second kappa shape index (κ2) is 5.28. The van der Waals surface area contributed by atoms with Crippen molar-refractivity contribution >= 4 is 5.52 Å². The van der Waals surface area contributed by atoms with Gasteiger partial charge in [-0.15, -0.1) is 0 Å². The van der Waals surface area contributed by atoms with Crippen LogP contribution in [-0.2, 0) is 11.3 Å². The Morgan fingerprint density at radius 3 is 3.05 bits per heavy atom. The number of fused-ring (bicyclic) bond motifs is 1. The Morgan fingerprint density at radius 2 is 2.25 bits per heavy atom. The summed E-state index contributed by atoms with van der Waals surface area (Å²) in [6.45, 7) is 6.75. The highest BCUT2D eigenvalue weighted by Crippen LogP contribution is 2.22. The molecule has 2 aromatic rings. The van der Waals surface area contributed by atoms with E-state index in [2.05, 4.69) is 31.0 Å². The van der Waals surface area contributed by atoms with Crippen LogP contribution in [0.1, 0.15) is 25.0 Å². The van der Waals surface area contributed by atoms with Gasteiger partial charge in [0.05, 0.1) is 23.8 Å². The van der Waals surface area contributed by atoms with Gasteiger partial charge in [0.1, 0.15) is 6.07 Å². The van der Waals surface area contributed by atoms with Crippen molar-refractivity contribution in [3.63, 3.8) is 0 Å². The molecule has 4 nitrogen and oxygen atoms in total. The smallest absolute Gasteiger partial charge is 0.102 e. The Morgan fingerprint density at radius 1 is 1.40 bits per heavy atom. The number of morpholine rings is 1. The van der Waals surface area contributed by atoms with E-state index < -0.39 is 0 Å². The van der Waals surface area contributed by atoms with Gasteiger partial charge in [-0.3, -0.25) is 4.90 Å². The zero-order chi connectivity index (χ0) is 14.1. The number of aromatic nitrogens is 1.